The molecule has 1 aliphatic heterocycles. The second-order valence-corrected chi connectivity index (χ2v) is 3.03. The van der Waals surface area contributed by atoms with Crippen LogP contribution in [-0.4, -0.2) is 6.61 Å². The van der Waals surface area contributed by atoms with Gasteiger partial charge in [0.05, 0.1) is 11.8 Å². The van der Waals surface area contributed by atoms with Crippen LogP contribution in [0.5, 0.6) is 5.75 Å². The summed E-state index contributed by atoms with van der Waals surface area (Å²) in [6.07, 6.45) is 5.74. The first-order valence-corrected chi connectivity index (χ1v) is 4.25. The molecule has 0 aliphatic carbocycles. The number of rotatable bonds is 0. The molecular weight excluding hydrogens is 164 g/mol. The Balaban J connectivity index is 2.43. The third kappa shape index (κ3) is 0.886. The fourth-order valence-corrected chi connectivity index (χ4v) is 1.62. The Bertz CT molecular complexity index is 480. The van der Waals surface area contributed by atoms with Crippen LogP contribution in [0.3, 0.4) is 0 Å². The van der Waals surface area contributed by atoms with Gasteiger partial charge in [-0.1, -0.05) is 0 Å². The molecule has 0 spiro atoms. The smallest absolute Gasteiger partial charge is 0.144 e. The number of hydrogen-bond acceptors (Lipinski definition) is 2. The van der Waals surface area contributed by atoms with Crippen molar-refractivity contribution in [3.8, 4) is 5.75 Å². The van der Waals surface area contributed by atoms with E-state index < -0.39 is 0 Å². The van der Waals surface area contributed by atoms with Crippen LogP contribution in [0.2, 0.25) is 0 Å². The highest BCUT2D eigenvalue weighted by Gasteiger charge is 2.10. The van der Waals surface area contributed by atoms with E-state index in [2.05, 4.69) is 0 Å². The van der Waals surface area contributed by atoms with E-state index in [-0.39, 0.29) is 0 Å². The minimum Gasteiger partial charge on any atom is -0.489 e. The molecule has 2 aromatic rings. The molecule has 2 heterocycles. The van der Waals surface area contributed by atoms with E-state index in [0.717, 1.165) is 22.3 Å². The van der Waals surface area contributed by atoms with Crippen molar-refractivity contribution in [2.24, 2.45) is 0 Å². The highest BCUT2D eigenvalue weighted by Crippen LogP contribution is 2.31. The van der Waals surface area contributed by atoms with E-state index in [0.29, 0.717) is 6.61 Å². The molecule has 2 nitrogen and oxygen atoms in total. The van der Waals surface area contributed by atoms with Gasteiger partial charge in [-0.2, -0.15) is 0 Å². The molecule has 0 amide bonds. The van der Waals surface area contributed by atoms with Gasteiger partial charge in [-0.15, -0.1) is 0 Å². The average molecular weight is 172 g/mol. The molecule has 1 aliphatic rings. The molecule has 2 heteroatoms. The van der Waals surface area contributed by atoms with Crippen LogP contribution in [0.4, 0.5) is 0 Å². The van der Waals surface area contributed by atoms with Crippen molar-refractivity contribution in [1.82, 2.24) is 0 Å². The predicted molar refractivity (Wildman–Crippen MR) is 50.7 cm³/mol. The fourth-order valence-electron chi connectivity index (χ4n) is 1.62. The zero-order chi connectivity index (χ0) is 8.67. The number of benzene rings is 1. The molecule has 0 fully saturated rings. The molecule has 1 aromatic carbocycles. The highest BCUT2D eigenvalue weighted by atomic mass is 16.5. The lowest BCUT2D eigenvalue weighted by atomic mass is 10.1. The molecule has 64 valence electrons. The van der Waals surface area contributed by atoms with Crippen LogP contribution < -0.4 is 4.74 Å². The molecule has 1 aromatic heterocycles. The van der Waals surface area contributed by atoms with E-state index in [1.807, 2.05) is 30.4 Å². The summed E-state index contributed by atoms with van der Waals surface area (Å²) in [4.78, 5) is 0. The Morgan fingerprint density at radius 3 is 3.15 bits per heavy atom. The SMILES string of the molecule is C1=Cc2c(ccc3ccoc23)OC1. The van der Waals surface area contributed by atoms with Crippen LogP contribution in [0.25, 0.3) is 17.0 Å². The second-order valence-electron chi connectivity index (χ2n) is 3.03. The Morgan fingerprint density at radius 2 is 2.15 bits per heavy atom. The minimum absolute atomic E-state index is 0.652. The Labute approximate surface area is 75.4 Å². The van der Waals surface area contributed by atoms with Crippen molar-refractivity contribution < 1.29 is 9.15 Å². The van der Waals surface area contributed by atoms with Gasteiger partial charge in [-0.25, -0.2) is 0 Å². The molecule has 0 atom stereocenters. The minimum atomic E-state index is 0.652. The van der Waals surface area contributed by atoms with Crippen molar-refractivity contribution >= 4 is 17.0 Å². The van der Waals surface area contributed by atoms with Crippen LogP contribution in [-0.2, 0) is 0 Å². The standard InChI is InChI=1S/C11H8O2/c1-2-9-10(12-6-1)4-3-8-5-7-13-11(8)9/h1-5,7H,6H2. The lowest BCUT2D eigenvalue weighted by molar-refractivity contribution is 0.358. The van der Waals surface area contributed by atoms with Gasteiger partial charge in [-0.05, 0) is 30.4 Å². The second kappa shape index (κ2) is 2.39. The summed E-state index contributed by atoms with van der Waals surface area (Å²) in [5.41, 5.74) is 1.96. The number of ether oxygens (including phenoxy) is 1. The summed E-state index contributed by atoms with van der Waals surface area (Å²) in [5, 5.41) is 1.12. The van der Waals surface area contributed by atoms with E-state index in [1.165, 1.54) is 0 Å². The summed E-state index contributed by atoms with van der Waals surface area (Å²) in [6.45, 7) is 0.652. The van der Waals surface area contributed by atoms with Crippen molar-refractivity contribution in [2.45, 2.75) is 0 Å². The van der Waals surface area contributed by atoms with Gasteiger partial charge in [0.15, 0.2) is 0 Å². The van der Waals surface area contributed by atoms with Gasteiger partial charge >= 0.3 is 0 Å². The maximum atomic E-state index is 5.45. The van der Waals surface area contributed by atoms with E-state index >= 15 is 0 Å². The van der Waals surface area contributed by atoms with Gasteiger partial charge in [-0.3, -0.25) is 0 Å². The molecule has 13 heavy (non-hydrogen) atoms. The van der Waals surface area contributed by atoms with E-state index in [1.54, 1.807) is 6.26 Å². The van der Waals surface area contributed by atoms with Crippen molar-refractivity contribution in [3.05, 3.63) is 36.1 Å². The van der Waals surface area contributed by atoms with Crippen LogP contribution in [0.1, 0.15) is 5.56 Å². The van der Waals surface area contributed by atoms with E-state index in [9.17, 15) is 0 Å². The number of hydrogen-bond donors (Lipinski definition) is 0. The van der Waals surface area contributed by atoms with Crippen LogP contribution in [0, 0.1) is 0 Å². The monoisotopic (exact) mass is 172 g/mol. The molecule has 0 saturated carbocycles. The van der Waals surface area contributed by atoms with Crippen molar-refractivity contribution in [3.63, 3.8) is 0 Å². The first-order valence-electron chi connectivity index (χ1n) is 4.25. The molecule has 0 radical (unpaired) electrons. The van der Waals surface area contributed by atoms with Crippen molar-refractivity contribution in [2.75, 3.05) is 6.61 Å². The third-order valence-corrected chi connectivity index (χ3v) is 2.24. The largest absolute Gasteiger partial charge is 0.489 e. The van der Waals surface area contributed by atoms with E-state index in [4.69, 9.17) is 9.15 Å². The molecular formula is C11H8O2. The normalized spacial score (nSPS) is 14.2. The quantitative estimate of drug-likeness (QED) is 0.609. The highest BCUT2D eigenvalue weighted by molar-refractivity contribution is 5.89. The first kappa shape index (κ1) is 6.78. The van der Waals surface area contributed by atoms with Crippen LogP contribution in [0.15, 0.2) is 35.0 Å². The van der Waals surface area contributed by atoms with Crippen LogP contribution >= 0.6 is 0 Å². The van der Waals surface area contributed by atoms with Gasteiger partial charge in [0.1, 0.15) is 17.9 Å². The zero-order valence-electron chi connectivity index (χ0n) is 6.99. The lowest BCUT2D eigenvalue weighted by Gasteiger charge is -2.11. The topological polar surface area (TPSA) is 22.4 Å². The molecule has 0 saturated heterocycles. The third-order valence-electron chi connectivity index (χ3n) is 2.24. The summed E-state index contributed by atoms with van der Waals surface area (Å²) in [7, 11) is 0. The molecule has 3 rings (SSSR count). The Morgan fingerprint density at radius 1 is 1.15 bits per heavy atom. The lowest BCUT2D eigenvalue weighted by Crippen LogP contribution is -1.99. The van der Waals surface area contributed by atoms with Gasteiger partial charge in [0.2, 0.25) is 0 Å². The predicted octanol–water partition coefficient (Wildman–Crippen LogP) is 2.84. The maximum Gasteiger partial charge on any atom is 0.144 e. The molecule has 0 unspecified atom stereocenters. The number of fused-ring (bicyclic) bond motifs is 3. The maximum absolute atomic E-state index is 5.45. The zero-order valence-corrected chi connectivity index (χ0v) is 6.99. The Kier molecular flexibility index (Phi) is 1.25. The summed E-state index contributed by atoms with van der Waals surface area (Å²) < 4.78 is 10.8. The first-order chi connectivity index (χ1) is 6.45. The molecule has 0 N–H and O–H groups in total. The average Bonchev–Trinajstić information content (AvgIpc) is 2.65. The summed E-state index contributed by atoms with van der Waals surface area (Å²) >= 11 is 0. The summed E-state index contributed by atoms with van der Waals surface area (Å²) in [6, 6.07) is 5.95. The van der Waals surface area contributed by atoms with Crippen molar-refractivity contribution in [1.29, 1.82) is 0 Å². The van der Waals surface area contributed by atoms with Gasteiger partial charge in [0, 0.05) is 5.39 Å². The fraction of sp³-hybridized carbons (Fsp3) is 0.0909. The number of furan rings is 1. The Hall–Kier alpha value is -1.70. The summed E-state index contributed by atoms with van der Waals surface area (Å²) in [5.74, 6) is 0.907. The van der Waals surface area contributed by atoms with Gasteiger partial charge in [0.25, 0.3) is 0 Å². The molecule has 0 bridgehead atoms. The van der Waals surface area contributed by atoms with Gasteiger partial charge < -0.3 is 9.15 Å².